The van der Waals surface area contributed by atoms with Crippen LogP contribution in [0.3, 0.4) is 0 Å². The summed E-state index contributed by atoms with van der Waals surface area (Å²) in [5.41, 5.74) is 1.05. The van der Waals surface area contributed by atoms with Gasteiger partial charge in [-0.05, 0) is 17.9 Å². The lowest BCUT2D eigenvalue weighted by atomic mass is 9.95. The highest BCUT2D eigenvalue weighted by Crippen LogP contribution is 2.25. The molecule has 0 aromatic heterocycles. The second kappa shape index (κ2) is 8.33. The molecule has 2 atom stereocenters. The van der Waals surface area contributed by atoms with Gasteiger partial charge in [-0.2, -0.15) is 0 Å². The molecule has 1 heterocycles. The number of cyclic esters (lactones) is 1. The lowest BCUT2D eigenvalue weighted by Gasteiger charge is -2.26. The first-order chi connectivity index (χ1) is 11.4. The Bertz CT molecular complexity index is 602. The fourth-order valence-electron chi connectivity index (χ4n) is 2.70. The maximum atomic E-state index is 12.9. The summed E-state index contributed by atoms with van der Waals surface area (Å²) in [6.45, 7) is 5.55. The molecular weight excluding hydrogens is 326 g/mol. The molecule has 24 heavy (non-hydrogen) atoms. The van der Waals surface area contributed by atoms with Gasteiger partial charge in [0.1, 0.15) is 6.61 Å². The van der Waals surface area contributed by atoms with Crippen LogP contribution in [0.2, 0.25) is 0 Å². The average molecular weight is 349 g/mol. The number of rotatable bonds is 6. The third-order valence-corrected chi connectivity index (χ3v) is 5.03. The van der Waals surface area contributed by atoms with Crippen LogP contribution in [0, 0.1) is 11.8 Å². The monoisotopic (exact) mass is 349 g/mol. The van der Waals surface area contributed by atoms with Crippen molar-refractivity contribution < 1.29 is 19.1 Å². The standard InChI is InChI=1S/C18H23NO4S/c1-12(2)16(11-24-13(3)20)17(21)19-15(10-23-18(19)22)9-14-7-5-4-6-8-14/h4-8,12,15-16H,9-11H2,1-3H3/t15?,16-/m1/s1. The molecule has 0 spiro atoms. The minimum atomic E-state index is -0.584. The molecular formula is C18H23NO4S. The van der Waals surface area contributed by atoms with E-state index in [4.69, 9.17) is 4.74 Å². The van der Waals surface area contributed by atoms with Gasteiger partial charge in [0.25, 0.3) is 0 Å². The molecule has 0 saturated carbocycles. The van der Waals surface area contributed by atoms with E-state index in [-0.39, 0.29) is 35.5 Å². The molecule has 1 aliphatic heterocycles. The van der Waals surface area contributed by atoms with Crippen LogP contribution in [-0.2, 0) is 20.7 Å². The van der Waals surface area contributed by atoms with E-state index in [0.29, 0.717) is 12.2 Å². The maximum Gasteiger partial charge on any atom is 0.416 e. The van der Waals surface area contributed by atoms with Crippen LogP contribution in [0.4, 0.5) is 4.79 Å². The number of thioether (sulfide) groups is 1. The largest absolute Gasteiger partial charge is 0.447 e. The van der Waals surface area contributed by atoms with E-state index in [1.165, 1.54) is 11.8 Å². The van der Waals surface area contributed by atoms with Crippen molar-refractivity contribution in [2.24, 2.45) is 11.8 Å². The topological polar surface area (TPSA) is 63.7 Å². The van der Waals surface area contributed by atoms with Gasteiger partial charge in [0, 0.05) is 12.7 Å². The van der Waals surface area contributed by atoms with Crippen molar-refractivity contribution in [3.8, 4) is 0 Å². The molecule has 1 aliphatic rings. The van der Waals surface area contributed by atoms with E-state index < -0.39 is 6.09 Å². The fraction of sp³-hybridized carbons (Fsp3) is 0.500. The smallest absolute Gasteiger partial charge is 0.416 e. The number of carbonyl (C=O) groups is 3. The summed E-state index contributed by atoms with van der Waals surface area (Å²) in [7, 11) is 0. The highest BCUT2D eigenvalue weighted by molar-refractivity contribution is 8.13. The maximum absolute atomic E-state index is 12.9. The zero-order valence-electron chi connectivity index (χ0n) is 14.2. The van der Waals surface area contributed by atoms with Gasteiger partial charge in [-0.1, -0.05) is 55.9 Å². The molecule has 0 radical (unpaired) electrons. The van der Waals surface area contributed by atoms with E-state index in [1.54, 1.807) is 0 Å². The van der Waals surface area contributed by atoms with Gasteiger partial charge < -0.3 is 4.74 Å². The number of hydrogen-bond donors (Lipinski definition) is 0. The molecule has 130 valence electrons. The Morgan fingerprint density at radius 3 is 2.54 bits per heavy atom. The predicted octanol–water partition coefficient (Wildman–Crippen LogP) is 3.13. The van der Waals surface area contributed by atoms with E-state index in [0.717, 1.165) is 17.3 Å². The summed E-state index contributed by atoms with van der Waals surface area (Å²) < 4.78 is 5.12. The van der Waals surface area contributed by atoms with Crippen LogP contribution in [0.15, 0.2) is 30.3 Å². The summed E-state index contributed by atoms with van der Waals surface area (Å²) in [5, 5.41) is -0.0294. The average Bonchev–Trinajstić information content (AvgIpc) is 2.88. The molecule has 1 aromatic rings. The first kappa shape index (κ1) is 18.5. The minimum absolute atomic E-state index is 0.0294. The Morgan fingerprint density at radius 2 is 1.96 bits per heavy atom. The van der Waals surface area contributed by atoms with Gasteiger partial charge in [-0.15, -0.1) is 0 Å². The molecule has 0 aliphatic carbocycles. The third kappa shape index (κ3) is 4.60. The number of hydrogen-bond acceptors (Lipinski definition) is 5. The molecule has 2 amide bonds. The number of imide groups is 1. The van der Waals surface area contributed by atoms with Crippen LogP contribution in [0.1, 0.15) is 26.3 Å². The summed E-state index contributed by atoms with van der Waals surface area (Å²) in [5.74, 6) is -0.214. The van der Waals surface area contributed by atoms with E-state index in [9.17, 15) is 14.4 Å². The Hall–Kier alpha value is -1.82. The Labute approximate surface area is 146 Å². The number of benzene rings is 1. The molecule has 1 fully saturated rings. The number of carbonyl (C=O) groups excluding carboxylic acids is 3. The van der Waals surface area contributed by atoms with Crippen LogP contribution in [0.5, 0.6) is 0 Å². The number of amides is 2. The summed E-state index contributed by atoms with van der Waals surface area (Å²) in [6.07, 6.45) is -0.0115. The van der Waals surface area contributed by atoms with Gasteiger partial charge in [0.15, 0.2) is 5.12 Å². The van der Waals surface area contributed by atoms with Gasteiger partial charge in [0.05, 0.1) is 12.0 Å². The van der Waals surface area contributed by atoms with Gasteiger partial charge in [-0.25, -0.2) is 9.69 Å². The van der Waals surface area contributed by atoms with Crippen molar-refractivity contribution in [1.29, 1.82) is 0 Å². The van der Waals surface area contributed by atoms with Gasteiger partial charge in [0.2, 0.25) is 5.91 Å². The lowest BCUT2D eigenvalue weighted by molar-refractivity contribution is -0.133. The zero-order valence-corrected chi connectivity index (χ0v) is 15.0. The van der Waals surface area contributed by atoms with E-state index in [1.807, 2.05) is 44.2 Å². The Balaban J connectivity index is 2.13. The second-order valence-electron chi connectivity index (χ2n) is 6.28. The predicted molar refractivity (Wildman–Crippen MR) is 93.6 cm³/mol. The molecule has 6 heteroatoms. The molecule has 5 nitrogen and oxygen atoms in total. The van der Waals surface area contributed by atoms with E-state index >= 15 is 0 Å². The van der Waals surface area contributed by atoms with Crippen molar-refractivity contribution in [1.82, 2.24) is 4.90 Å². The second-order valence-corrected chi connectivity index (χ2v) is 7.48. The summed E-state index contributed by atoms with van der Waals surface area (Å²) in [4.78, 5) is 37.5. The van der Waals surface area contributed by atoms with Gasteiger partial charge in [-0.3, -0.25) is 9.59 Å². The van der Waals surface area contributed by atoms with Crippen LogP contribution in [-0.4, -0.2) is 40.4 Å². The number of nitrogens with zero attached hydrogens (tertiary/aromatic N) is 1. The van der Waals surface area contributed by atoms with Crippen molar-refractivity contribution in [2.45, 2.75) is 33.2 Å². The normalized spacial score (nSPS) is 18.6. The lowest BCUT2D eigenvalue weighted by Crippen LogP contribution is -2.45. The first-order valence-electron chi connectivity index (χ1n) is 8.07. The van der Waals surface area contributed by atoms with Crippen LogP contribution < -0.4 is 0 Å². The quantitative estimate of drug-likeness (QED) is 0.789. The highest BCUT2D eigenvalue weighted by Gasteiger charge is 2.41. The molecule has 1 saturated heterocycles. The van der Waals surface area contributed by atoms with Gasteiger partial charge >= 0.3 is 6.09 Å². The molecule has 1 aromatic carbocycles. The zero-order chi connectivity index (χ0) is 17.7. The third-order valence-electron chi connectivity index (χ3n) is 4.10. The minimum Gasteiger partial charge on any atom is -0.447 e. The number of ether oxygens (including phenoxy) is 1. The Morgan fingerprint density at radius 1 is 1.29 bits per heavy atom. The van der Waals surface area contributed by atoms with Crippen molar-refractivity contribution in [3.05, 3.63) is 35.9 Å². The van der Waals surface area contributed by atoms with Crippen molar-refractivity contribution >= 4 is 28.9 Å². The molecule has 0 bridgehead atoms. The first-order valence-corrected chi connectivity index (χ1v) is 9.05. The SMILES string of the molecule is CC(=O)SC[C@@H](C(=O)N1C(=O)OCC1Cc1ccccc1)C(C)C. The molecule has 1 unspecified atom stereocenters. The Kier molecular flexibility index (Phi) is 6.43. The fourth-order valence-corrected chi connectivity index (χ4v) is 3.64. The highest BCUT2D eigenvalue weighted by atomic mass is 32.2. The summed E-state index contributed by atoms with van der Waals surface area (Å²) in [6, 6.07) is 9.43. The van der Waals surface area contributed by atoms with E-state index in [2.05, 4.69) is 0 Å². The molecule has 2 rings (SSSR count). The van der Waals surface area contributed by atoms with Crippen LogP contribution >= 0.6 is 11.8 Å². The van der Waals surface area contributed by atoms with Crippen LogP contribution in [0.25, 0.3) is 0 Å². The molecule has 0 N–H and O–H groups in total. The van der Waals surface area contributed by atoms with Crippen molar-refractivity contribution in [3.63, 3.8) is 0 Å². The van der Waals surface area contributed by atoms with Crippen molar-refractivity contribution in [2.75, 3.05) is 12.4 Å². The summed E-state index contributed by atoms with van der Waals surface area (Å²) >= 11 is 1.12.